The van der Waals surface area contributed by atoms with E-state index in [9.17, 15) is 9.59 Å². The van der Waals surface area contributed by atoms with Crippen LogP contribution in [0.1, 0.15) is 46.0 Å². The molecule has 3 unspecified atom stereocenters. The molecule has 4 N–H and O–H groups in total. The first kappa shape index (κ1) is 16.0. The number of piperidine rings is 1. The molecule has 19 heavy (non-hydrogen) atoms. The fraction of sp³-hybridized carbons (Fsp3) is 0.857. The topological polar surface area (TPSA) is 89.4 Å². The van der Waals surface area contributed by atoms with Crippen molar-refractivity contribution >= 4 is 11.8 Å². The average molecular weight is 269 g/mol. The van der Waals surface area contributed by atoms with Crippen molar-refractivity contribution in [3.63, 3.8) is 0 Å². The van der Waals surface area contributed by atoms with E-state index in [-0.39, 0.29) is 29.7 Å². The molecule has 0 aromatic heterocycles. The van der Waals surface area contributed by atoms with Gasteiger partial charge in [-0.3, -0.25) is 9.59 Å². The number of amides is 2. The molecule has 5 heteroatoms. The summed E-state index contributed by atoms with van der Waals surface area (Å²) in [4.78, 5) is 25.3. The summed E-state index contributed by atoms with van der Waals surface area (Å²) >= 11 is 0. The first-order chi connectivity index (χ1) is 8.91. The van der Waals surface area contributed by atoms with Crippen molar-refractivity contribution in [1.82, 2.24) is 4.90 Å². The van der Waals surface area contributed by atoms with Crippen LogP contribution in [-0.4, -0.2) is 35.8 Å². The van der Waals surface area contributed by atoms with E-state index in [0.29, 0.717) is 6.54 Å². The third-order valence-electron chi connectivity index (χ3n) is 3.85. The molecule has 0 aromatic carbocycles. The average Bonchev–Trinajstić information content (AvgIpc) is 2.37. The van der Waals surface area contributed by atoms with Crippen molar-refractivity contribution in [3.05, 3.63) is 0 Å². The standard InChI is InChI=1S/C14H27N3O2/c1-10(5-3-6-11(2)15)14(19)17-8-4-7-12(9-17)13(16)18/h10-12H,3-9,15H2,1-2H3,(H2,16,18). The van der Waals surface area contributed by atoms with Gasteiger partial charge in [0.05, 0.1) is 5.92 Å². The largest absolute Gasteiger partial charge is 0.369 e. The Labute approximate surface area is 115 Å². The van der Waals surface area contributed by atoms with Crippen LogP contribution in [0.5, 0.6) is 0 Å². The number of nitrogens with two attached hydrogens (primary N) is 2. The van der Waals surface area contributed by atoms with Crippen LogP contribution in [0.15, 0.2) is 0 Å². The molecule has 1 aliphatic rings. The number of rotatable bonds is 6. The second kappa shape index (κ2) is 7.48. The quantitative estimate of drug-likeness (QED) is 0.749. The zero-order chi connectivity index (χ0) is 14.4. The third kappa shape index (κ3) is 5.19. The molecule has 1 aliphatic heterocycles. The molecule has 0 aromatic rings. The van der Waals surface area contributed by atoms with Crippen LogP contribution in [0.3, 0.4) is 0 Å². The van der Waals surface area contributed by atoms with Crippen LogP contribution < -0.4 is 11.5 Å². The van der Waals surface area contributed by atoms with Gasteiger partial charge in [0.25, 0.3) is 0 Å². The van der Waals surface area contributed by atoms with Crippen LogP contribution in [0.25, 0.3) is 0 Å². The van der Waals surface area contributed by atoms with E-state index >= 15 is 0 Å². The van der Waals surface area contributed by atoms with Crippen LogP contribution in [0, 0.1) is 11.8 Å². The molecular formula is C14H27N3O2. The summed E-state index contributed by atoms with van der Waals surface area (Å²) in [6, 6.07) is 0.191. The molecule has 0 radical (unpaired) electrons. The molecule has 110 valence electrons. The van der Waals surface area contributed by atoms with Crippen molar-refractivity contribution < 1.29 is 9.59 Å². The molecule has 5 nitrogen and oxygen atoms in total. The molecule has 1 rings (SSSR count). The Morgan fingerprint density at radius 2 is 2.00 bits per heavy atom. The third-order valence-corrected chi connectivity index (χ3v) is 3.85. The van der Waals surface area contributed by atoms with E-state index in [1.807, 2.05) is 13.8 Å². The maximum atomic E-state index is 12.3. The fourth-order valence-electron chi connectivity index (χ4n) is 2.59. The summed E-state index contributed by atoms with van der Waals surface area (Å²) in [6.45, 7) is 5.18. The summed E-state index contributed by atoms with van der Waals surface area (Å²) < 4.78 is 0. The molecule has 0 bridgehead atoms. The maximum Gasteiger partial charge on any atom is 0.225 e. The van der Waals surface area contributed by atoms with Gasteiger partial charge in [-0.15, -0.1) is 0 Å². The lowest BCUT2D eigenvalue weighted by Gasteiger charge is -2.33. The van der Waals surface area contributed by atoms with E-state index in [2.05, 4.69) is 0 Å². The number of hydrogen-bond acceptors (Lipinski definition) is 3. The van der Waals surface area contributed by atoms with E-state index in [1.54, 1.807) is 4.90 Å². The van der Waals surface area contributed by atoms with Crippen LogP contribution in [-0.2, 0) is 9.59 Å². The maximum absolute atomic E-state index is 12.3. The molecule has 0 aliphatic carbocycles. The minimum atomic E-state index is -0.290. The van der Waals surface area contributed by atoms with Crippen molar-refractivity contribution in [2.75, 3.05) is 13.1 Å². The molecule has 2 amide bonds. The van der Waals surface area contributed by atoms with Gasteiger partial charge in [-0.25, -0.2) is 0 Å². The lowest BCUT2D eigenvalue weighted by Crippen LogP contribution is -2.45. The highest BCUT2D eigenvalue weighted by atomic mass is 16.2. The predicted octanol–water partition coefficient (Wildman–Crippen LogP) is 0.864. The van der Waals surface area contributed by atoms with E-state index in [1.165, 1.54) is 0 Å². The van der Waals surface area contributed by atoms with Crippen LogP contribution >= 0.6 is 0 Å². The number of likely N-dealkylation sites (tertiary alicyclic amines) is 1. The minimum absolute atomic E-state index is 0.00498. The van der Waals surface area contributed by atoms with Crippen molar-refractivity contribution in [2.24, 2.45) is 23.3 Å². The SMILES string of the molecule is CC(N)CCCC(C)C(=O)N1CCCC(C(N)=O)C1. The smallest absolute Gasteiger partial charge is 0.225 e. The van der Waals surface area contributed by atoms with Crippen molar-refractivity contribution in [1.29, 1.82) is 0 Å². The Morgan fingerprint density at radius 3 is 2.58 bits per heavy atom. The first-order valence-electron chi connectivity index (χ1n) is 7.25. The first-order valence-corrected chi connectivity index (χ1v) is 7.25. The molecule has 0 saturated carbocycles. The Balaban J connectivity index is 2.40. The number of nitrogens with zero attached hydrogens (tertiary/aromatic N) is 1. The number of carbonyl (C=O) groups excluding carboxylic acids is 2. The molecule has 3 atom stereocenters. The Morgan fingerprint density at radius 1 is 1.32 bits per heavy atom. The monoisotopic (exact) mass is 269 g/mol. The second-order valence-electron chi connectivity index (χ2n) is 5.84. The summed E-state index contributed by atoms with van der Waals surface area (Å²) in [5, 5.41) is 0. The number of carbonyl (C=O) groups is 2. The molecule has 1 saturated heterocycles. The Hall–Kier alpha value is -1.10. The summed E-state index contributed by atoms with van der Waals surface area (Å²) in [6.07, 6.45) is 4.45. The van der Waals surface area contributed by atoms with Gasteiger partial charge < -0.3 is 16.4 Å². The Kier molecular flexibility index (Phi) is 6.28. The Bertz CT molecular complexity index is 318. The van der Waals surface area contributed by atoms with Gasteiger partial charge in [0.2, 0.25) is 11.8 Å². The number of hydrogen-bond donors (Lipinski definition) is 2. The molecular weight excluding hydrogens is 242 g/mol. The molecule has 1 fully saturated rings. The van der Waals surface area contributed by atoms with Gasteiger partial charge >= 0.3 is 0 Å². The molecule has 0 spiro atoms. The predicted molar refractivity (Wildman–Crippen MR) is 75.2 cm³/mol. The minimum Gasteiger partial charge on any atom is -0.369 e. The highest BCUT2D eigenvalue weighted by molar-refractivity contribution is 5.81. The number of primary amides is 1. The van der Waals surface area contributed by atoms with Gasteiger partial charge in [-0.05, 0) is 32.6 Å². The zero-order valence-corrected chi connectivity index (χ0v) is 12.1. The van der Waals surface area contributed by atoms with Crippen molar-refractivity contribution in [2.45, 2.75) is 52.0 Å². The highest BCUT2D eigenvalue weighted by Crippen LogP contribution is 2.20. The van der Waals surface area contributed by atoms with Gasteiger partial charge in [-0.1, -0.05) is 13.3 Å². The fourth-order valence-corrected chi connectivity index (χ4v) is 2.59. The van der Waals surface area contributed by atoms with Crippen LogP contribution in [0.4, 0.5) is 0 Å². The summed E-state index contributed by atoms with van der Waals surface area (Å²) in [5.41, 5.74) is 11.0. The van der Waals surface area contributed by atoms with E-state index < -0.39 is 0 Å². The van der Waals surface area contributed by atoms with E-state index in [4.69, 9.17) is 11.5 Å². The zero-order valence-electron chi connectivity index (χ0n) is 12.1. The van der Waals surface area contributed by atoms with Gasteiger partial charge in [0.15, 0.2) is 0 Å². The van der Waals surface area contributed by atoms with Gasteiger partial charge in [0, 0.05) is 25.0 Å². The summed E-state index contributed by atoms with van der Waals surface area (Å²) in [7, 11) is 0. The second-order valence-corrected chi connectivity index (χ2v) is 5.84. The van der Waals surface area contributed by atoms with E-state index in [0.717, 1.165) is 38.6 Å². The van der Waals surface area contributed by atoms with Crippen LogP contribution in [0.2, 0.25) is 0 Å². The summed E-state index contributed by atoms with van der Waals surface area (Å²) in [5.74, 6) is -0.308. The lowest BCUT2D eigenvalue weighted by atomic mass is 9.95. The lowest BCUT2D eigenvalue weighted by molar-refractivity contribution is -0.138. The van der Waals surface area contributed by atoms with Gasteiger partial charge in [0.1, 0.15) is 0 Å². The normalized spacial score (nSPS) is 22.9. The molecule has 1 heterocycles. The van der Waals surface area contributed by atoms with Gasteiger partial charge in [-0.2, -0.15) is 0 Å². The van der Waals surface area contributed by atoms with Crippen molar-refractivity contribution in [3.8, 4) is 0 Å². The highest BCUT2D eigenvalue weighted by Gasteiger charge is 2.28.